The number of nitrogen functional groups attached to an aromatic ring is 1. The number of aliphatic hydroxyl groups excluding tert-OH is 1. The molecule has 3 aromatic rings. The molecule has 5 N–H and O–H groups in total. The molecule has 0 bridgehead atoms. The van der Waals surface area contributed by atoms with Gasteiger partial charge in [0.25, 0.3) is 0 Å². The fourth-order valence-corrected chi connectivity index (χ4v) is 3.67. The molecule has 0 saturated carbocycles. The minimum atomic E-state index is -3.72. The number of ether oxygens (including phenoxy) is 1. The number of sulfonamides is 1. The van der Waals surface area contributed by atoms with Gasteiger partial charge in [-0.05, 0) is 42.5 Å². The number of nitrogens with two attached hydrogens (primary N) is 1. The van der Waals surface area contributed by atoms with Gasteiger partial charge in [0.05, 0.1) is 30.0 Å². The highest BCUT2D eigenvalue weighted by Gasteiger charge is 2.14. The molecule has 10 heteroatoms. The van der Waals surface area contributed by atoms with Crippen LogP contribution in [0.4, 0.5) is 17.3 Å². The molecule has 3 rings (SSSR count). The van der Waals surface area contributed by atoms with Crippen molar-refractivity contribution in [1.29, 1.82) is 0 Å². The second kappa shape index (κ2) is 8.86. The van der Waals surface area contributed by atoms with Crippen molar-refractivity contribution in [2.45, 2.75) is 4.90 Å². The molecule has 9 nitrogen and oxygen atoms in total. The summed E-state index contributed by atoms with van der Waals surface area (Å²) in [5.41, 5.74) is 8.39. The first kappa shape index (κ1) is 20.5. The Morgan fingerprint density at radius 3 is 2.72 bits per heavy atom. The zero-order valence-corrected chi connectivity index (χ0v) is 16.5. The average molecular weight is 415 g/mol. The van der Waals surface area contributed by atoms with Crippen molar-refractivity contribution in [2.24, 2.45) is 0 Å². The van der Waals surface area contributed by atoms with E-state index in [1.165, 1.54) is 12.1 Å². The smallest absolute Gasteiger partial charge is 0.240 e. The number of nitrogens with one attached hydrogen (secondary N) is 2. The molecule has 0 atom stereocenters. The highest BCUT2D eigenvalue weighted by atomic mass is 32.2. The van der Waals surface area contributed by atoms with Crippen LogP contribution in [0, 0.1) is 0 Å². The number of rotatable bonds is 8. The minimum Gasteiger partial charge on any atom is -0.495 e. The maximum atomic E-state index is 12.2. The van der Waals surface area contributed by atoms with Gasteiger partial charge in [-0.25, -0.2) is 23.1 Å². The summed E-state index contributed by atoms with van der Waals surface area (Å²) in [6.07, 6.45) is 1.59. The van der Waals surface area contributed by atoms with Crippen molar-refractivity contribution in [2.75, 3.05) is 31.3 Å². The van der Waals surface area contributed by atoms with Crippen molar-refractivity contribution in [3.8, 4) is 17.0 Å². The molecule has 0 aliphatic heterocycles. The molecule has 0 saturated heterocycles. The summed E-state index contributed by atoms with van der Waals surface area (Å²) in [4.78, 5) is 8.71. The van der Waals surface area contributed by atoms with Gasteiger partial charge in [-0.2, -0.15) is 0 Å². The summed E-state index contributed by atoms with van der Waals surface area (Å²) in [5, 5.41) is 11.8. The minimum absolute atomic E-state index is 0.0594. The highest BCUT2D eigenvalue weighted by Crippen LogP contribution is 2.28. The first-order valence-electron chi connectivity index (χ1n) is 8.67. The molecule has 0 amide bonds. The number of hydrogen-bond donors (Lipinski definition) is 4. The average Bonchev–Trinajstić information content (AvgIpc) is 2.72. The molecule has 152 valence electrons. The van der Waals surface area contributed by atoms with E-state index in [0.29, 0.717) is 28.8 Å². The van der Waals surface area contributed by atoms with E-state index in [-0.39, 0.29) is 18.0 Å². The van der Waals surface area contributed by atoms with Crippen LogP contribution < -0.4 is 20.5 Å². The molecule has 0 unspecified atom stereocenters. The number of aliphatic hydroxyl groups is 1. The fraction of sp³-hybridized carbons (Fsp3) is 0.158. The van der Waals surface area contributed by atoms with Gasteiger partial charge >= 0.3 is 0 Å². The number of benzene rings is 2. The van der Waals surface area contributed by atoms with E-state index in [1.807, 2.05) is 6.07 Å². The summed E-state index contributed by atoms with van der Waals surface area (Å²) in [6, 6.07) is 13.3. The normalized spacial score (nSPS) is 11.2. The van der Waals surface area contributed by atoms with Gasteiger partial charge in [-0.15, -0.1) is 0 Å². The molecule has 2 aromatic carbocycles. The van der Waals surface area contributed by atoms with Crippen LogP contribution in [0.3, 0.4) is 0 Å². The Morgan fingerprint density at radius 1 is 1.17 bits per heavy atom. The van der Waals surface area contributed by atoms with Gasteiger partial charge in [0.1, 0.15) is 5.75 Å². The number of anilines is 3. The summed E-state index contributed by atoms with van der Waals surface area (Å²) in [7, 11) is -2.17. The van der Waals surface area contributed by atoms with Gasteiger partial charge in [0.2, 0.25) is 16.0 Å². The third kappa shape index (κ3) is 4.99. The van der Waals surface area contributed by atoms with Crippen LogP contribution in [-0.2, 0) is 10.0 Å². The molecule has 0 fully saturated rings. The Bertz CT molecular complexity index is 1110. The van der Waals surface area contributed by atoms with Gasteiger partial charge < -0.3 is 20.9 Å². The van der Waals surface area contributed by atoms with Crippen molar-refractivity contribution in [1.82, 2.24) is 14.7 Å². The molecule has 0 radical (unpaired) electrons. The first-order valence-corrected chi connectivity index (χ1v) is 10.2. The fourth-order valence-electron chi connectivity index (χ4n) is 2.61. The Kier molecular flexibility index (Phi) is 6.27. The van der Waals surface area contributed by atoms with Crippen LogP contribution in [0.25, 0.3) is 11.3 Å². The molecule has 0 spiro atoms. The van der Waals surface area contributed by atoms with Crippen LogP contribution in [0.15, 0.2) is 59.6 Å². The van der Waals surface area contributed by atoms with Crippen LogP contribution in [0.1, 0.15) is 0 Å². The molecular formula is C19H21N5O4S. The molecular weight excluding hydrogens is 394 g/mol. The largest absolute Gasteiger partial charge is 0.495 e. The first-order chi connectivity index (χ1) is 13.9. The van der Waals surface area contributed by atoms with Crippen LogP contribution in [-0.4, -0.2) is 43.8 Å². The lowest BCUT2D eigenvalue weighted by atomic mass is 10.1. The number of methoxy groups -OCH3 is 1. The van der Waals surface area contributed by atoms with E-state index < -0.39 is 10.0 Å². The van der Waals surface area contributed by atoms with E-state index in [4.69, 9.17) is 15.6 Å². The third-order valence-electron chi connectivity index (χ3n) is 3.99. The lowest BCUT2D eigenvalue weighted by Crippen LogP contribution is -2.26. The van der Waals surface area contributed by atoms with Gasteiger partial charge in [0, 0.05) is 24.0 Å². The van der Waals surface area contributed by atoms with E-state index in [0.717, 1.165) is 5.56 Å². The van der Waals surface area contributed by atoms with Gasteiger partial charge in [-0.3, -0.25) is 0 Å². The zero-order chi connectivity index (χ0) is 20.9. The zero-order valence-electron chi connectivity index (χ0n) is 15.7. The molecule has 1 aromatic heterocycles. The monoisotopic (exact) mass is 415 g/mol. The van der Waals surface area contributed by atoms with Crippen LogP contribution >= 0.6 is 0 Å². The highest BCUT2D eigenvalue weighted by molar-refractivity contribution is 7.89. The summed E-state index contributed by atoms with van der Waals surface area (Å²) < 4.78 is 31.9. The van der Waals surface area contributed by atoms with Crippen molar-refractivity contribution < 1.29 is 18.3 Å². The molecule has 0 aliphatic carbocycles. The van der Waals surface area contributed by atoms with Crippen molar-refractivity contribution >= 4 is 27.3 Å². The topological polar surface area (TPSA) is 139 Å². The standard InChI is InChI=1S/C19H21N5O4S/c1-28-18-6-5-13(11-16(18)20)17-7-8-21-19(24-17)23-14-3-2-4-15(12-14)29(26,27)22-9-10-25/h2-8,11-12,22,25H,9-10,20H2,1H3,(H,21,23,24). The molecule has 29 heavy (non-hydrogen) atoms. The predicted octanol–water partition coefficient (Wildman–Crippen LogP) is 1.75. The summed E-state index contributed by atoms with van der Waals surface area (Å²) in [5.74, 6) is 0.878. The Hall–Kier alpha value is -3.21. The Balaban J connectivity index is 1.84. The maximum absolute atomic E-state index is 12.2. The quantitative estimate of drug-likeness (QED) is 0.408. The predicted molar refractivity (Wildman–Crippen MR) is 110 cm³/mol. The molecule has 0 aliphatic rings. The van der Waals surface area contributed by atoms with Crippen LogP contribution in [0.5, 0.6) is 5.75 Å². The van der Waals surface area contributed by atoms with Crippen molar-refractivity contribution in [3.05, 3.63) is 54.7 Å². The van der Waals surface area contributed by atoms with E-state index in [9.17, 15) is 8.42 Å². The Morgan fingerprint density at radius 2 is 2.00 bits per heavy atom. The van der Waals surface area contributed by atoms with E-state index >= 15 is 0 Å². The van der Waals surface area contributed by atoms with Crippen LogP contribution in [0.2, 0.25) is 0 Å². The number of aromatic nitrogens is 2. The van der Waals surface area contributed by atoms with E-state index in [2.05, 4.69) is 20.0 Å². The van der Waals surface area contributed by atoms with Gasteiger partial charge in [-0.1, -0.05) is 6.07 Å². The summed E-state index contributed by atoms with van der Waals surface area (Å²) in [6.45, 7) is -0.343. The SMILES string of the molecule is COc1ccc(-c2ccnc(Nc3cccc(S(=O)(=O)NCCO)c3)n2)cc1N. The third-order valence-corrected chi connectivity index (χ3v) is 5.44. The Labute approximate surface area is 168 Å². The number of nitrogens with zero attached hydrogens (tertiary/aromatic N) is 2. The van der Waals surface area contributed by atoms with Gasteiger partial charge in [0.15, 0.2) is 0 Å². The van der Waals surface area contributed by atoms with E-state index in [1.54, 1.807) is 43.6 Å². The maximum Gasteiger partial charge on any atom is 0.240 e. The summed E-state index contributed by atoms with van der Waals surface area (Å²) >= 11 is 0. The second-order valence-electron chi connectivity index (χ2n) is 6.00. The van der Waals surface area contributed by atoms with Crippen molar-refractivity contribution in [3.63, 3.8) is 0 Å². The number of hydrogen-bond acceptors (Lipinski definition) is 8. The molecule has 1 heterocycles. The lowest BCUT2D eigenvalue weighted by molar-refractivity contribution is 0.301. The lowest BCUT2D eigenvalue weighted by Gasteiger charge is -2.10. The second-order valence-corrected chi connectivity index (χ2v) is 7.76.